The SMILES string of the molecule is Cc1onc(-c2ccccc2)c1C(=O)NC(c1ccc2c(c1)OCCO2)C(C)C. The van der Waals surface area contributed by atoms with Crippen molar-refractivity contribution in [2.75, 3.05) is 13.2 Å². The van der Waals surface area contributed by atoms with Gasteiger partial charge in [0.1, 0.15) is 30.2 Å². The fourth-order valence-electron chi connectivity index (χ4n) is 3.53. The molecule has 6 nitrogen and oxygen atoms in total. The number of carbonyl (C=O) groups is 1. The van der Waals surface area contributed by atoms with Crippen LogP contribution >= 0.6 is 0 Å². The van der Waals surface area contributed by atoms with E-state index in [0.717, 1.165) is 16.9 Å². The Morgan fingerprint density at radius 1 is 1.03 bits per heavy atom. The minimum atomic E-state index is -0.212. The van der Waals surface area contributed by atoms with Crippen molar-refractivity contribution in [1.82, 2.24) is 10.5 Å². The van der Waals surface area contributed by atoms with Gasteiger partial charge in [0, 0.05) is 5.56 Å². The highest BCUT2D eigenvalue weighted by Crippen LogP contribution is 2.35. The molecule has 2 heterocycles. The molecule has 1 unspecified atom stereocenters. The Morgan fingerprint density at radius 2 is 1.76 bits per heavy atom. The fraction of sp³-hybridized carbons (Fsp3) is 0.304. The second kappa shape index (κ2) is 7.99. The number of nitrogens with one attached hydrogen (secondary N) is 1. The van der Waals surface area contributed by atoms with Crippen LogP contribution in [0.2, 0.25) is 0 Å². The summed E-state index contributed by atoms with van der Waals surface area (Å²) >= 11 is 0. The average Bonchev–Trinajstić information content (AvgIpc) is 3.13. The highest BCUT2D eigenvalue weighted by Gasteiger charge is 2.26. The van der Waals surface area contributed by atoms with Crippen molar-refractivity contribution in [3.63, 3.8) is 0 Å². The molecule has 1 aliphatic rings. The monoisotopic (exact) mass is 392 g/mol. The van der Waals surface area contributed by atoms with Crippen molar-refractivity contribution in [2.24, 2.45) is 5.92 Å². The molecule has 1 aromatic heterocycles. The van der Waals surface area contributed by atoms with Gasteiger partial charge in [0.25, 0.3) is 5.91 Å². The van der Waals surface area contributed by atoms with Gasteiger partial charge in [-0.05, 0) is 30.5 Å². The summed E-state index contributed by atoms with van der Waals surface area (Å²) in [6.45, 7) is 6.96. The molecule has 0 bridgehead atoms. The second-order valence-electron chi connectivity index (χ2n) is 7.43. The van der Waals surface area contributed by atoms with Crippen molar-refractivity contribution in [1.29, 1.82) is 0 Å². The second-order valence-corrected chi connectivity index (χ2v) is 7.43. The number of benzene rings is 2. The van der Waals surface area contributed by atoms with Gasteiger partial charge in [-0.25, -0.2) is 0 Å². The van der Waals surface area contributed by atoms with E-state index in [0.29, 0.717) is 36.0 Å². The van der Waals surface area contributed by atoms with Gasteiger partial charge in [-0.3, -0.25) is 4.79 Å². The molecule has 0 saturated heterocycles. The first-order valence-electron chi connectivity index (χ1n) is 9.76. The maximum absolute atomic E-state index is 13.2. The fourth-order valence-corrected chi connectivity index (χ4v) is 3.53. The van der Waals surface area contributed by atoms with Crippen molar-refractivity contribution < 1.29 is 18.8 Å². The lowest BCUT2D eigenvalue weighted by atomic mass is 9.94. The predicted molar refractivity (Wildman–Crippen MR) is 109 cm³/mol. The Kier molecular flexibility index (Phi) is 5.25. The lowest BCUT2D eigenvalue weighted by Crippen LogP contribution is -2.32. The van der Waals surface area contributed by atoms with E-state index >= 15 is 0 Å². The summed E-state index contributed by atoms with van der Waals surface area (Å²) < 4.78 is 16.7. The zero-order valence-corrected chi connectivity index (χ0v) is 16.8. The zero-order chi connectivity index (χ0) is 20.4. The van der Waals surface area contributed by atoms with Crippen LogP contribution in [0.1, 0.15) is 41.6 Å². The van der Waals surface area contributed by atoms with Crippen LogP contribution in [0.5, 0.6) is 11.5 Å². The summed E-state index contributed by atoms with van der Waals surface area (Å²) in [7, 11) is 0. The topological polar surface area (TPSA) is 73.6 Å². The smallest absolute Gasteiger partial charge is 0.257 e. The van der Waals surface area contributed by atoms with Crippen LogP contribution in [-0.2, 0) is 0 Å². The normalized spacial score (nSPS) is 13.9. The largest absolute Gasteiger partial charge is 0.486 e. The van der Waals surface area contributed by atoms with Crippen LogP contribution in [-0.4, -0.2) is 24.3 Å². The molecule has 1 aliphatic heterocycles. The Bertz CT molecular complexity index is 1010. The lowest BCUT2D eigenvalue weighted by molar-refractivity contribution is 0.0924. The van der Waals surface area contributed by atoms with Gasteiger partial charge in [0.05, 0.1) is 6.04 Å². The Balaban J connectivity index is 1.64. The zero-order valence-electron chi connectivity index (χ0n) is 16.8. The molecule has 1 N–H and O–H groups in total. The van der Waals surface area contributed by atoms with E-state index in [1.165, 1.54) is 0 Å². The molecule has 1 amide bonds. The lowest BCUT2D eigenvalue weighted by Gasteiger charge is -2.25. The third-order valence-corrected chi connectivity index (χ3v) is 5.02. The Labute approximate surface area is 169 Å². The first kappa shape index (κ1) is 19.1. The minimum Gasteiger partial charge on any atom is -0.486 e. The van der Waals surface area contributed by atoms with Crippen LogP contribution in [0.25, 0.3) is 11.3 Å². The van der Waals surface area contributed by atoms with E-state index in [2.05, 4.69) is 24.3 Å². The Morgan fingerprint density at radius 3 is 2.48 bits per heavy atom. The summed E-state index contributed by atoms with van der Waals surface area (Å²) in [5.41, 5.74) is 2.81. The van der Waals surface area contributed by atoms with E-state index in [4.69, 9.17) is 14.0 Å². The number of amides is 1. The molecule has 3 aromatic rings. The van der Waals surface area contributed by atoms with Crippen molar-refractivity contribution >= 4 is 5.91 Å². The summed E-state index contributed by atoms with van der Waals surface area (Å²) in [5.74, 6) is 1.89. The van der Waals surface area contributed by atoms with Crippen molar-refractivity contribution in [3.8, 4) is 22.8 Å². The standard InChI is InChI=1S/C23H24N2O4/c1-14(2)21(17-9-10-18-19(13-17)28-12-11-27-18)24-23(26)20-15(3)29-25-22(20)16-7-5-4-6-8-16/h4-10,13-14,21H,11-12H2,1-3H3,(H,24,26). The maximum atomic E-state index is 13.2. The summed E-state index contributed by atoms with van der Waals surface area (Å²) in [6.07, 6.45) is 0. The minimum absolute atomic E-state index is 0.168. The number of hydrogen-bond donors (Lipinski definition) is 1. The highest BCUT2D eigenvalue weighted by atomic mass is 16.6. The number of fused-ring (bicyclic) bond motifs is 1. The van der Waals surface area contributed by atoms with Crippen LogP contribution in [0.4, 0.5) is 0 Å². The molecule has 2 aromatic carbocycles. The molecule has 0 spiro atoms. The summed E-state index contributed by atoms with van der Waals surface area (Å²) in [6, 6.07) is 15.2. The molecule has 1 atom stereocenters. The van der Waals surface area contributed by atoms with Crippen LogP contribution < -0.4 is 14.8 Å². The third kappa shape index (κ3) is 3.83. The molecular formula is C23H24N2O4. The van der Waals surface area contributed by atoms with E-state index in [-0.39, 0.29) is 17.9 Å². The summed E-state index contributed by atoms with van der Waals surface area (Å²) in [5, 5.41) is 7.27. The van der Waals surface area contributed by atoms with Crippen LogP contribution in [0.15, 0.2) is 53.1 Å². The number of rotatable bonds is 5. The average molecular weight is 392 g/mol. The van der Waals surface area contributed by atoms with E-state index in [1.807, 2.05) is 48.5 Å². The molecule has 6 heteroatoms. The highest BCUT2D eigenvalue weighted by molar-refractivity contribution is 6.01. The van der Waals surface area contributed by atoms with Gasteiger partial charge in [0.2, 0.25) is 0 Å². The number of hydrogen-bond acceptors (Lipinski definition) is 5. The van der Waals surface area contributed by atoms with E-state index in [1.54, 1.807) is 6.92 Å². The molecule has 4 rings (SSSR count). The molecular weight excluding hydrogens is 368 g/mol. The van der Waals surface area contributed by atoms with Crippen molar-refractivity contribution in [2.45, 2.75) is 26.8 Å². The number of aryl methyl sites for hydroxylation is 1. The number of aromatic nitrogens is 1. The molecule has 29 heavy (non-hydrogen) atoms. The summed E-state index contributed by atoms with van der Waals surface area (Å²) in [4.78, 5) is 13.2. The molecule has 0 saturated carbocycles. The van der Waals surface area contributed by atoms with Gasteiger partial charge in [-0.2, -0.15) is 0 Å². The van der Waals surface area contributed by atoms with Gasteiger partial charge in [-0.1, -0.05) is 55.4 Å². The number of nitrogens with zero attached hydrogens (tertiary/aromatic N) is 1. The number of carbonyl (C=O) groups excluding carboxylic acids is 1. The van der Waals surface area contributed by atoms with Crippen LogP contribution in [0, 0.1) is 12.8 Å². The van der Waals surface area contributed by atoms with Crippen molar-refractivity contribution in [3.05, 3.63) is 65.4 Å². The first-order chi connectivity index (χ1) is 14.0. The Hall–Kier alpha value is -3.28. The van der Waals surface area contributed by atoms with Gasteiger partial charge < -0.3 is 19.3 Å². The maximum Gasteiger partial charge on any atom is 0.257 e. The van der Waals surface area contributed by atoms with Gasteiger partial charge >= 0.3 is 0 Å². The van der Waals surface area contributed by atoms with Gasteiger partial charge in [0.15, 0.2) is 11.5 Å². The van der Waals surface area contributed by atoms with Gasteiger partial charge in [-0.15, -0.1) is 0 Å². The predicted octanol–water partition coefficient (Wildman–Crippen LogP) is 4.55. The number of ether oxygens (including phenoxy) is 2. The molecule has 0 radical (unpaired) electrons. The van der Waals surface area contributed by atoms with E-state index < -0.39 is 0 Å². The third-order valence-electron chi connectivity index (χ3n) is 5.02. The quantitative estimate of drug-likeness (QED) is 0.690. The molecule has 0 fully saturated rings. The van der Waals surface area contributed by atoms with E-state index in [9.17, 15) is 4.79 Å². The van der Waals surface area contributed by atoms with Crippen LogP contribution in [0.3, 0.4) is 0 Å². The molecule has 150 valence electrons. The molecule has 0 aliphatic carbocycles. The first-order valence-corrected chi connectivity index (χ1v) is 9.76.